The second-order valence-electron chi connectivity index (χ2n) is 10.9. The van der Waals surface area contributed by atoms with E-state index in [-0.39, 0.29) is 12.9 Å². The highest BCUT2D eigenvalue weighted by Crippen LogP contribution is 2.25. The minimum absolute atomic E-state index is 0.0625. The summed E-state index contributed by atoms with van der Waals surface area (Å²) in [5.41, 5.74) is 2.05. The molecule has 1 fully saturated rings. The van der Waals surface area contributed by atoms with Gasteiger partial charge in [-0.2, -0.15) is 0 Å². The monoisotopic (exact) mass is 642 g/mol. The van der Waals surface area contributed by atoms with Crippen LogP contribution < -0.4 is 9.47 Å². The summed E-state index contributed by atoms with van der Waals surface area (Å²) in [7, 11) is 0. The molecule has 0 saturated carbocycles. The number of rotatable bonds is 18. The molecular formula is C38H42O9. The molecule has 0 N–H and O–H groups in total. The third-order valence-corrected chi connectivity index (χ3v) is 7.31. The minimum Gasteiger partial charge on any atom is -0.494 e. The molecule has 0 radical (unpaired) electrons. The van der Waals surface area contributed by atoms with Gasteiger partial charge in [-0.25, -0.2) is 14.4 Å². The fourth-order valence-electron chi connectivity index (χ4n) is 4.73. The van der Waals surface area contributed by atoms with Gasteiger partial charge in [0.2, 0.25) is 0 Å². The molecule has 1 aliphatic heterocycles. The van der Waals surface area contributed by atoms with Crippen LogP contribution in [0, 0.1) is 0 Å². The Hall–Kier alpha value is -4.73. The third-order valence-electron chi connectivity index (χ3n) is 7.31. The van der Waals surface area contributed by atoms with Crippen LogP contribution in [0.4, 0.5) is 0 Å². The molecule has 3 aromatic rings. The van der Waals surface area contributed by atoms with Gasteiger partial charge in [-0.15, -0.1) is 0 Å². The van der Waals surface area contributed by atoms with Gasteiger partial charge in [0, 0.05) is 18.8 Å². The van der Waals surface area contributed by atoms with E-state index in [1.807, 2.05) is 30.3 Å². The van der Waals surface area contributed by atoms with Crippen LogP contribution in [0.15, 0.2) is 97.6 Å². The van der Waals surface area contributed by atoms with E-state index in [0.717, 1.165) is 62.1 Å². The van der Waals surface area contributed by atoms with Crippen molar-refractivity contribution < 1.29 is 42.8 Å². The van der Waals surface area contributed by atoms with Gasteiger partial charge < -0.3 is 28.4 Å². The Kier molecular flexibility index (Phi) is 14.7. The molecule has 1 heterocycles. The van der Waals surface area contributed by atoms with Crippen LogP contribution in [0.3, 0.4) is 0 Å². The Bertz CT molecular complexity index is 1430. The molecule has 4 rings (SSSR count). The van der Waals surface area contributed by atoms with E-state index in [0.29, 0.717) is 36.9 Å². The van der Waals surface area contributed by atoms with Crippen molar-refractivity contribution in [3.05, 3.63) is 114 Å². The van der Waals surface area contributed by atoms with Gasteiger partial charge in [0.05, 0.1) is 18.8 Å². The van der Waals surface area contributed by atoms with Crippen LogP contribution in [0.25, 0.3) is 6.08 Å². The summed E-state index contributed by atoms with van der Waals surface area (Å²) in [5, 5.41) is 0. The van der Waals surface area contributed by atoms with E-state index in [4.69, 9.17) is 28.4 Å². The molecular weight excluding hydrogens is 600 g/mol. The lowest BCUT2D eigenvalue weighted by Crippen LogP contribution is -2.26. The van der Waals surface area contributed by atoms with Crippen LogP contribution >= 0.6 is 0 Å². The highest BCUT2D eigenvalue weighted by Gasteiger charge is 2.22. The third kappa shape index (κ3) is 12.9. The number of carbonyl (C=O) groups is 3. The van der Waals surface area contributed by atoms with Crippen molar-refractivity contribution in [3.63, 3.8) is 0 Å². The molecule has 0 amide bonds. The first kappa shape index (κ1) is 35.1. The molecule has 9 heteroatoms. The first-order valence-corrected chi connectivity index (χ1v) is 16.0. The van der Waals surface area contributed by atoms with Crippen LogP contribution in [-0.2, 0) is 28.5 Å². The molecule has 0 aromatic heterocycles. The number of hydrogen-bond acceptors (Lipinski definition) is 9. The van der Waals surface area contributed by atoms with Crippen molar-refractivity contribution in [1.29, 1.82) is 0 Å². The molecule has 2 atom stereocenters. The molecule has 0 aliphatic carbocycles. The summed E-state index contributed by atoms with van der Waals surface area (Å²) in [6, 6.07) is 23.2. The zero-order chi connectivity index (χ0) is 33.1. The van der Waals surface area contributed by atoms with E-state index in [9.17, 15) is 14.4 Å². The van der Waals surface area contributed by atoms with Gasteiger partial charge in [-0.3, -0.25) is 0 Å². The number of carbonyl (C=O) groups excluding carboxylic acids is 3. The SMILES string of the molecule is C=CC(=O)OCCCCCCOc1ccc(C(=O)Oc2ccc(/C=C/C(=O)OC[C@H](OC3CCCCO3)c3ccccc3)cc2)cc1. The Morgan fingerprint density at radius 3 is 2.23 bits per heavy atom. The van der Waals surface area contributed by atoms with Crippen molar-refractivity contribution in [3.8, 4) is 11.5 Å². The Balaban J connectivity index is 1.16. The first-order chi connectivity index (χ1) is 23.0. The molecule has 0 bridgehead atoms. The zero-order valence-electron chi connectivity index (χ0n) is 26.6. The van der Waals surface area contributed by atoms with Gasteiger partial charge in [0.1, 0.15) is 24.2 Å². The van der Waals surface area contributed by atoms with Crippen LogP contribution in [-0.4, -0.2) is 50.6 Å². The van der Waals surface area contributed by atoms with Gasteiger partial charge in [0.25, 0.3) is 0 Å². The molecule has 248 valence electrons. The van der Waals surface area contributed by atoms with Crippen molar-refractivity contribution >= 4 is 24.0 Å². The number of ether oxygens (including phenoxy) is 6. The largest absolute Gasteiger partial charge is 0.494 e. The summed E-state index contributed by atoms with van der Waals surface area (Å²) >= 11 is 0. The van der Waals surface area contributed by atoms with Gasteiger partial charge in [0.15, 0.2) is 6.29 Å². The lowest BCUT2D eigenvalue weighted by Gasteiger charge is -2.27. The summed E-state index contributed by atoms with van der Waals surface area (Å²) in [6.45, 7) is 5.03. The quantitative estimate of drug-likeness (QED) is 0.0607. The van der Waals surface area contributed by atoms with E-state index in [1.165, 1.54) is 6.08 Å². The molecule has 1 aliphatic rings. The average molecular weight is 643 g/mol. The second kappa shape index (κ2) is 19.7. The smallest absolute Gasteiger partial charge is 0.343 e. The average Bonchev–Trinajstić information content (AvgIpc) is 3.11. The van der Waals surface area contributed by atoms with E-state index >= 15 is 0 Å². The predicted molar refractivity (Wildman–Crippen MR) is 177 cm³/mol. The van der Waals surface area contributed by atoms with Gasteiger partial charge in [-0.05, 0) is 98.5 Å². The van der Waals surface area contributed by atoms with Gasteiger partial charge in [-0.1, -0.05) is 49.0 Å². The molecule has 9 nitrogen and oxygen atoms in total. The number of hydrogen-bond donors (Lipinski definition) is 0. The van der Waals surface area contributed by atoms with Crippen molar-refractivity contribution in [2.75, 3.05) is 26.4 Å². The summed E-state index contributed by atoms with van der Waals surface area (Å²) in [6.07, 6.45) is 9.83. The predicted octanol–water partition coefficient (Wildman–Crippen LogP) is 7.42. The Labute approximate surface area is 276 Å². The maximum Gasteiger partial charge on any atom is 0.343 e. The molecule has 1 unspecified atom stereocenters. The summed E-state index contributed by atoms with van der Waals surface area (Å²) in [4.78, 5) is 36.1. The highest BCUT2D eigenvalue weighted by molar-refractivity contribution is 5.91. The fourth-order valence-corrected chi connectivity index (χ4v) is 4.73. The van der Waals surface area contributed by atoms with Crippen LogP contribution in [0.2, 0.25) is 0 Å². The minimum atomic E-state index is -0.495. The van der Waals surface area contributed by atoms with Crippen LogP contribution in [0.5, 0.6) is 11.5 Å². The number of esters is 3. The van der Waals surface area contributed by atoms with Crippen molar-refractivity contribution in [2.45, 2.75) is 57.3 Å². The van der Waals surface area contributed by atoms with E-state index in [2.05, 4.69) is 6.58 Å². The van der Waals surface area contributed by atoms with E-state index < -0.39 is 24.0 Å². The Morgan fingerprint density at radius 1 is 0.809 bits per heavy atom. The topological polar surface area (TPSA) is 107 Å². The van der Waals surface area contributed by atoms with Crippen LogP contribution in [0.1, 0.15) is 72.5 Å². The Morgan fingerprint density at radius 2 is 1.53 bits per heavy atom. The van der Waals surface area contributed by atoms with Crippen molar-refractivity contribution in [1.82, 2.24) is 0 Å². The first-order valence-electron chi connectivity index (χ1n) is 16.0. The normalized spacial score (nSPS) is 15.0. The zero-order valence-corrected chi connectivity index (χ0v) is 26.6. The molecule has 3 aromatic carbocycles. The summed E-state index contributed by atoms with van der Waals surface area (Å²) < 4.78 is 33.6. The van der Waals surface area contributed by atoms with Crippen molar-refractivity contribution in [2.24, 2.45) is 0 Å². The second-order valence-corrected chi connectivity index (χ2v) is 10.9. The number of unbranched alkanes of at least 4 members (excludes halogenated alkanes) is 3. The maximum atomic E-state index is 12.6. The fraction of sp³-hybridized carbons (Fsp3) is 0.342. The standard InChI is InChI=1S/C38H42O9/c1-2-35(39)43-26-10-4-3-9-25-42-32-22-18-31(19-23-32)38(41)46-33-20-15-29(16-21-33)17-24-36(40)45-28-34(30-12-6-5-7-13-30)47-37-14-8-11-27-44-37/h2,5-7,12-13,15-24,34,37H,1,3-4,8-11,14,25-28H2/b24-17+/t34-,37?/m0/s1. The van der Waals surface area contributed by atoms with E-state index in [1.54, 1.807) is 54.6 Å². The lowest BCUT2D eigenvalue weighted by atomic mass is 10.1. The molecule has 47 heavy (non-hydrogen) atoms. The maximum absolute atomic E-state index is 12.6. The summed E-state index contributed by atoms with van der Waals surface area (Å²) in [5.74, 6) is -0.344. The molecule has 1 saturated heterocycles. The number of benzene rings is 3. The highest BCUT2D eigenvalue weighted by atomic mass is 16.7. The van der Waals surface area contributed by atoms with Gasteiger partial charge >= 0.3 is 17.9 Å². The molecule has 0 spiro atoms. The lowest BCUT2D eigenvalue weighted by molar-refractivity contribution is -0.200.